The van der Waals surface area contributed by atoms with Gasteiger partial charge in [0, 0.05) is 38.3 Å². The number of carbonyl (C=O) groups is 1. The van der Waals surface area contributed by atoms with Gasteiger partial charge in [-0.05, 0) is 39.7 Å². The topological polar surface area (TPSA) is 61.8 Å². The van der Waals surface area contributed by atoms with Crippen LogP contribution in [0.2, 0.25) is 0 Å². The van der Waals surface area contributed by atoms with Gasteiger partial charge in [0.1, 0.15) is 0 Å². The molecule has 1 heterocycles. The molecule has 5 heteroatoms. The average Bonchev–Trinajstić information content (AvgIpc) is 2.46. The molecular weight excluding hydrogens is 256 g/mol. The van der Waals surface area contributed by atoms with Gasteiger partial charge in [-0.2, -0.15) is 0 Å². The van der Waals surface area contributed by atoms with E-state index < -0.39 is 0 Å². The molecule has 1 aliphatic rings. The largest absolute Gasteiger partial charge is 0.396 e. The summed E-state index contributed by atoms with van der Waals surface area (Å²) in [4.78, 5) is 14.3. The Bertz CT molecular complexity index is 299. The number of rotatable bonds is 8. The molecule has 20 heavy (non-hydrogen) atoms. The van der Waals surface area contributed by atoms with Crippen molar-refractivity contribution in [3.8, 4) is 0 Å². The quantitative estimate of drug-likeness (QED) is 0.654. The number of nitrogens with one attached hydrogen (secondary N) is 1. The van der Waals surface area contributed by atoms with Gasteiger partial charge >= 0.3 is 0 Å². The summed E-state index contributed by atoms with van der Waals surface area (Å²) in [5.41, 5.74) is -0.0677. The van der Waals surface area contributed by atoms with Gasteiger partial charge in [-0.15, -0.1) is 0 Å². The molecular formula is C15H30N2O3. The van der Waals surface area contributed by atoms with Crippen LogP contribution in [-0.4, -0.2) is 61.4 Å². The maximum absolute atomic E-state index is 12.1. The molecule has 1 aliphatic heterocycles. The molecule has 0 radical (unpaired) electrons. The van der Waals surface area contributed by atoms with Crippen molar-refractivity contribution in [2.45, 2.75) is 46.1 Å². The third-order valence-electron chi connectivity index (χ3n) is 4.09. The van der Waals surface area contributed by atoms with Crippen LogP contribution in [0.3, 0.4) is 0 Å². The Morgan fingerprint density at radius 2 is 2.30 bits per heavy atom. The first-order valence-corrected chi connectivity index (χ1v) is 7.73. The number of piperidine rings is 1. The van der Waals surface area contributed by atoms with Crippen molar-refractivity contribution in [3.63, 3.8) is 0 Å². The molecule has 0 aromatic rings. The second-order valence-corrected chi connectivity index (χ2v) is 6.06. The highest BCUT2D eigenvalue weighted by Gasteiger charge is 2.34. The van der Waals surface area contributed by atoms with Crippen LogP contribution in [0.5, 0.6) is 0 Å². The zero-order chi connectivity index (χ0) is 15.0. The van der Waals surface area contributed by atoms with Crippen molar-refractivity contribution in [2.24, 2.45) is 5.41 Å². The van der Waals surface area contributed by atoms with Gasteiger partial charge in [0.2, 0.25) is 5.91 Å². The van der Waals surface area contributed by atoms with Crippen molar-refractivity contribution >= 4 is 5.91 Å². The first-order valence-electron chi connectivity index (χ1n) is 7.73. The van der Waals surface area contributed by atoms with Crippen molar-refractivity contribution in [1.82, 2.24) is 10.2 Å². The van der Waals surface area contributed by atoms with Crippen molar-refractivity contribution in [1.29, 1.82) is 0 Å². The van der Waals surface area contributed by atoms with Gasteiger partial charge in [-0.3, -0.25) is 9.69 Å². The van der Waals surface area contributed by atoms with E-state index in [0.717, 1.165) is 39.0 Å². The fourth-order valence-electron chi connectivity index (χ4n) is 2.66. The normalized spacial score (nSPS) is 25.4. The molecule has 0 aromatic heterocycles. The maximum atomic E-state index is 12.1. The number of hydrogen-bond donors (Lipinski definition) is 2. The van der Waals surface area contributed by atoms with Gasteiger partial charge in [0.25, 0.3) is 0 Å². The Kier molecular flexibility index (Phi) is 7.48. The first kappa shape index (κ1) is 17.4. The summed E-state index contributed by atoms with van der Waals surface area (Å²) in [5, 5.41) is 12.4. The van der Waals surface area contributed by atoms with Gasteiger partial charge < -0.3 is 15.2 Å². The lowest BCUT2D eigenvalue weighted by Gasteiger charge is -2.41. The number of aliphatic hydroxyl groups is 1. The summed E-state index contributed by atoms with van der Waals surface area (Å²) in [5.74, 6) is 0.0729. The number of likely N-dealkylation sites (tertiary alicyclic amines) is 1. The smallest absolute Gasteiger partial charge is 0.237 e. The van der Waals surface area contributed by atoms with E-state index >= 15 is 0 Å². The summed E-state index contributed by atoms with van der Waals surface area (Å²) >= 11 is 0. The highest BCUT2D eigenvalue weighted by atomic mass is 16.5. The minimum Gasteiger partial charge on any atom is -0.396 e. The molecule has 2 unspecified atom stereocenters. The summed E-state index contributed by atoms with van der Waals surface area (Å²) in [6.45, 7) is 9.98. The molecule has 118 valence electrons. The molecule has 0 saturated carbocycles. The van der Waals surface area contributed by atoms with Gasteiger partial charge in [-0.25, -0.2) is 0 Å². The Hall–Kier alpha value is -0.650. The van der Waals surface area contributed by atoms with Crippen LogP contribution < -0.4 is 5.32 Å². The highest BCUT2D eigenvalue weighted by molar-refractivity contribution is 5.81. The van der Waals surface area contributed by atoms with Gasteiger partial charge in [0.15, 0.2) is 0 Å². The van der Waals surface area contributed by atoms with Crippen LogP contribution in [0.1, 0.15) is 40.0 Å². The van der Waals surface area contributed by atoms with E-state index in [2.05, 4.69) is 17.1 Å². The number of carbonyl (C=O) groups excluding carboxylic acids is 1. The Morgan fingerprint density at radius 3 is 2.95 bits per heavy atom. The minimum atomic E-state index is -0.131. The van der Waals surface area contributed by atoms with Crippen LogP contribution in [-0.2, 0) is 9.53 Å². The van der Waals surface area contributed by atoms with E-state index in [1.807, 2.05) is 13.8 Å². The SMILES string of the molecule is CCOCCCNC(=O)C(C)N1CCCC(C)(CO)C1. The monoisotopic (exact) mass is 286 g/mol. The molecule has 1 rings (SSSR count). The summed E-state index contributed by atoms with van der Waals surface area (Å²) in [6, 6.07) is -0.131. The van der Waals surface area contributed by atoms with Gasteiger partial charge in [-0.1, -0.05) is 6.92 Å². The molecule has 2 atom stereocenters. The van der Waals surface area contributed by atoms with E-state index in [4.69, 9.17) is 4.74 Å². The molecule has 0 aromatic carbocycles. The Balaban J connectivity index is 2.32. The average molecular weight is 286 g/mol. The lowest BCUT2D eigenvalue weighted by Crippen LogP contribution is -2.52. The van der Waals surface area contributed by atoms with Crippen molar-refractivity contribution in [2.75, 3.05) is 39.5 Å². The number of nitrogens with zero attached hydrogens (tertiary/aromatic N) is 1. The maximum Gasteiger partial charge on any atom is 0.237 e. The van der Waals surface area contributed by atoms with Crippen LogP contribution in [0, 0.1) is 5.41 Å². The van der Waals surface area contributed by atoms with Crippen molar-refractivity contribution in [3.05, 3.63) is 0 Å². The number of aliphatic hydroxyl groups excluding tert-OH is 1. The van der Waals surface area contributed by atoms with Crippen LogP contribution in [0.25, 0.3) is 0 Å². The first-order chi connectivity index (χ1) is 9.52. The number of ether oxygens (including phenoxy) is 1. The lowest BCUT2D eigenvalue weighted by atomic mass is 9.82. The molecule has 1 amide bonds. The van der Waals surface area contributed by atoms with Crippen LogP contribution in [0.15, 0.2) is 0 Å². The molecule has 0 bridgehead atoms. The second kappa shape index (κ2) is 8.60. The number of amides is 1. The van der Waals surface area contributed by atoms with Gasteiger partial charge in [0.05, 0.1) is 6.04 Å². The summed E-state index contributed by atoms with van der Waals surface area (Å²) in [7, 11) is 0. The molecule has 2 N–H and O–H groups in total. The zero-order valence-electron chi connectivity index (χ0n) is 13.2. The standard InChI is InChI=1S/C15H30N2O3/c1-4-20-10-6-8-16-14(19)13(2)17-9-5-7-15(3,11-17)12-18/h13,18H,4-12H2,1-3H3,(H,16,19). The van der Waals surface area contributed by atoms with Crippen molar-refractivity contribution < 1.29 is 14.6 Å². The van der Waals surface area contributed by atoms with E-state index in [1.54, 1.807) is 0 Å². The molecule has 1 saturated heterocycles. The minimum absolute atomic E-state index is 0.0677. The lowest BCUT2D eigenvalue weighted by molar-refractivity contribution is -0.127. The second-order valence-electron chi connectivity index (χ2n) is 6.06. The fraction of sp³-hybridized carbons (Fsp3) is 0.933. The summed E-state index contributed by atoms with van der Waals surface area (Å²) < 4.78 is 5.24. The Morgan fingerprint density at radius 1 is 1.55 bits per heavy atom. The van der Waals surface area contributed by atoms with Crippen LogP contribution >= 0.6 is 0 Å². The zero-order valence-corrected chi connectivity index (χ0v) is 13.2. The van der Waals surface area contributed by atoms with E-state index in [0.29, 0.717) is 13.2 Å². The van der Waals surface area contributed by atoms with Crippen LogP contribution in [0.4, 0.5) is 0 Å². The molecule has 0 spiro atoms. The Labute approximate surface area is 122 Å². The highest BCUT2D eigenvalue weighted by Crippen LogP contribution is 2.29. The third-order valence-corrected chi connectivity index (χ3v) is 4.09. The van der Waals surface area contributed by atoms with E-state index in [9.17, 15) is 9.90 Å². The summed E-state index contributed by atoms with van der Waals surface area (Å²) in [6.07, 6.45) is 2.92. The molecule has 1 fully saturated rings. The van der Waals surface area contributed by atoms with E-state index in [1.165, 1.54) is 0 Å². The third kappa shape index (κ3) is 5.38. The predicted molar refractivity (Wildman–Crippen MR) is 79.6 cm³/mol. The van der Waals surface area contributed by atoms with E-state index in [-0.39, 0.29) is 24.0 Å². The fourth-order valence-corrected chi connectivity index (χ4v) is 2.66. The number of hydrogen-bond acceptors (Lipinski definition) is 4. The molecule has 5 nitrogen and oxygen atoms in total. The molecule has 0 aliphatic carbocycles. The predicted octanol–water partition coefficient (Wildman–Crippen LogP) is 1.01.